The summed E-state index contributed by atoms with van der Waals surface area (Å²) in [5, 5.41) is 21.1. The van der Waals surface area contributed by atoms with Gasteiger partial charge >= 0.3 is 6.36 Å². The fourth-order valence-electron chi connectivity index (χ4n) is 5.57. The van der Waals surface area contributed by atoms with E-state index in [0.29, 0.717) is 29.9 Å². The van der Waals surface area contributed by atoms with Gasteiger partial charge in [-0.1, -0.05) is 53.7 Å². The van der Waals surface area contributed by atoms with Gasteiger partial charge in [0.2, 0.25) is 0 Å². The van der Waals surface area contributed by atoms with Crippen LogP contribution in [-0.2, 0) is 13.0 Å². The van der Waals surface area contributed by atoms with Gasteiger partial charge in [-0.15, -0.1) is 13.2 Å². The summed E-state index contributed by atoms with van der Waals surface area (Å²) in [6.45, 7) is 2.58. The molecule has 1 aromatic heterocycles. The second-order valence-electron chi connectivity index (χ2n) is 11.3. The van der Waals surface area contributed by atoms with Crippen molar-refractivity contribution < 1.29 is 37.1 Å². The van der Waals surface area contributed by atoms with E-state index >= 15 is 0 Å². The Morgan fingerprint density at radius 2 is 1.76 bits per heavy atom. The van der Waals surface area contributed by atoms with E-state index in [0.717, 1.165) is 24.1 Å². The molecule has 4 aromatic rings. The Morgan fingerprint density at radius 3 is 2.50 bits per heavy atom. The topological polar surface area (TPSA) is 117 Å². The van der Waals surface area contributed by atoms with Gasteiger partial charge in [-0.25, -0.2) is 0 Å². The zero-order chi connectivity index (χ0) is 32.7. The van der Waals surface area contributed by atoms with Crippen molar-refractivity contribution in [1.29, 1.82) is 0 Å². The molecular weight excluding hydrogens is 601 g/mol. The molecule has 1 saturated heterocycles. The average molecular weight is 637 g/mol. The van der Waals surface area contributed by atoms with Crippen molar-refractivity contribution >= 4 is 11.8 Å². The first kappa shape index (κ1) is 32.7. The minimum Gasteiger partial charge on any atom is -0.406 e. The maximum Gasteiger partial charge on any atom is 0.573 e. The predicted octanol–water partition coefficient (Wildman–Crippen LogP) is 5.35. The number of aryl methyl sites for hydroxylation is 1. The SMILES string of the molecule is Cc1cc(C2CCCN2C(=O)c2cccc(C(=O)N[C@@H](Cc3ccccc3)[C@H](O)CNCc3cccc(OC(F)(F)F)c3)c2)on1. The van der Waals surface area contributed by atoms with E-state index in [9.17, 15) is 27.9 Å². The number of hydrogen-bond acceptors (Lipinski definition) is 7. The number of carbonyl (C=O) groups excluding carboxylic acids is 2. The summed E-state index contributed by atoms with van der Waals surface area (Å²) in [6.07, 6.45) is -3.98. The monoisotopic (exact) mass is 636 g/mol. The molecule has 9 nitrogen and oxygen atoms in total. The van der Waals surface area contributed by atoms with Gasteiger partial charge in [0, 0.05) is 36.8 Å². The van der Waals surface area contributed by atoms with Gasteiger partial charge in [-0.2, -0.15) is 0 Å². The third kappa shape index (κ3) is 8.73. The molecule has 0 spiro atoms. The van der Waals surface area contributed by atoms with Crippen molar-refractivity contribution in [1.82, 2.24) is 20.7 Å². The van der Waals surface area contributed by atoms with E-state index in [4.69, 9.17) is 4.52 Å². The maximum atomic E-state index is 13.5. The summed E-state index contributed by atoms with van der Waals surface area (Å²) >= 11 is 0. The average Bonchev–Trinajstić information content (AvgIpc) is 3.69. The molecule has 0 aliphatic carbocycles. The lowest BCUT2D eigenvalue weighted by atomic mass is 10.00. The highest BCUT2D eigenvalue weighted by Crippen LogP contribution is 2.33. The molecule has 3 aromatic carbocycles. The van der Waals surface area contributed by atoms with Crippen LogP contribution in [0.1, 0.15) is 62.2 Å². The van der Waals surface area contributed by atoms with E-state index in [1.807, 2.05) is 43.3 Å². The van der Waals surface area contributed by atoms with Crippen molar-refractivity contribution in [3.63, 3.8) is 0 Å². The number of aliphatic hydroxyl groups is 1. The fraction of sp³-hybridized carbons (Fsp3) is 0.324. The Morgan fingerprint density at radius 1 is 1.02 bits per heavy atom. The quantitative estimate of drug-likeness (QED) is 0.192. The number of hydrogen-bond donors (Lipinski definition) is 3. The molecule has 46 heavy (non-hydrogen) atoms. The number of rotatable bonds is 12. The number of amides is 2. The van der Waals surface area contributed by atoms with Gasteiger partial charge < -0.3 is 29.9 Å². The summed E-state index contributed by atoms with van der Waals surface area (Å²) in [7, 11) is 0. The van der Waals surface area contributed by atoms with Crippen LogP contribution < -0.4 is 15.4 Å². The lowest BCUT2D eigenvalue weighted by Gasteiger charge is -2.25. The van der Waals surface area contributed by atoms with E-state index in [1.54, 1.807) is 35.2 Å². The van der Waals surface area contributed by atoms with Gasteiger partial charge in [0.05, 0.1) is 23.9 Å². The van der Waals surface area contributed by atoms with Crippen LogP contribution in [0.2, 0.25) is 0 Å². The van der Waals surface area contributed by atoms with Crippen molar-refractivity contribution in [2.45, 2.75) is 57.3 Å². The third-order valence-corrected chi connectivity index (χ3v) is 7.75. The molecule has 2 heterocycles. The highest BCUT2D eigenvalue weighted by molar-refractivity contribution is 6.00. The van der Waals surface area contributed by atoms with Gasteiger partial charge in [-0.3, -0.25) is 9.59 Å². The molecule has 1 aliphatic rings. The number of halogens is 3. The highest BCUT2D eigenvalue weighted by atomic mass is 19.4. The number of alkyl halides is 3. The van der Waals surface area contributed by atoms with Crippen molar-refractivity contribution in [2.75, 3.05) is 13.1 Å². The van der Waals surface area contributed by atoms with Gasteiger partial charge in [-0.05, 0) is 67.6 Å². The number of aliphatic hydroxyl groups excluding tert-OH is 1. The summed E-state index contributed by atoms with van der Waals surface area (Å²) in [5.74, 6) is -0.391. The number of aromatic nitrogens is 1. The zero-order valence-electron chi connectivity index (χ0n) is 25.2. The first-order valence-corrected chi connectivity index (χ1v) is 15.0. The minimum atomic E-state index is -4.80. The molecular formula is C34H35F3N4O5. The Labute approximate surface area is 264 Å². The Bertz CT molecular complexity index is 1630. The third-order valence-electron chi connectivity index (χ3n) is 7.75. The van der Waals surface area contributed by atoms with E-state index < -0.39 is 24.4 Å². The predicted molar refractivity (Wildman–Crippen MR) is 163 cm³/mol. The summed E-state index contributed by atoms with van der Waals surface area (Å²) in [5.41, 5.74) is 2.76. The van der Waals surface area contributed by atoms with Crippen LogP contribution in [0, 0.1) is 6.92 Å². The number of likely N-dealkylation sites (tertiary alicyclic amines) is 1. The van der Waals surface area contributed by atoms with Crippen molar-refractivity contribution in [3.05, 3.63) is 119 Å². The molecule has 1 aliphatic heterocycles. The molecule has 242 valence electrons. The van der Waals surface area contributed by atoms with Gasteiger partial charge in [0.15, 0.2) is 5.76 Å². The second-order valence-corrected chi connectivity index (χ2v) is 11.3. The molecule has 3 atom stereocenters. The lowest BCUT2D eigenvalue weighted by molar-refractivity contribution is -0.274. The van der Waals surface area contributed by atoms with Crippen molar-refractivity contribution in [3.8, 4) is 5.75 Å². The summed E-state index contributed by atoms with van der Waals surface area (Å²) in [6, 6.07) is 22.2. The van der Waals surface area contributed by atoms with E-state index in [2.05, 4.69) is 20.5 Å². The lowest BCUT2D eigenvalue weighted by Crippen LogP contribution is -2.48. The molecule has 2 amide bonds. The van der Waals surface area contributed by atoms with E-state index in [1.165, 1.54) is 18.2 Å². The van der Waals surface area contributed by atoms with Crippen LogP contribution in [0.5, 0.6) is 5.75 Å². The Balaban J connectivity index is 1.25. The van der Waals surface area contributed by atoms with Gasteiger partial charge in [0.25, 0.3) is 11.8 Å². The van der Waals surface area contributed by atoms with Crippen LogP contribution >= 0.6 is 0 Å². The number of nitrogens with zero attached hydrogens (tertiary/aromatic N) is 2. The molecule has 0 radical (unpaired) electrons. The fourth-order valence-corrected chi connectivity index (χ4v) is 5.57. The number of nitrogens with one attached hydrogen (secondary N) is 2. The van der Waals surface area contributed by atoms with Gasteiger partial charge in [0.1, 0.15) is 5.75 Å². The standard InChI is InChI=1S/C34H35F3N4O5/c1-22-16-31(46-40-22)29-14-7-15-41(29)33(44)26-12-6-11-25(19-26)32(43)39-28(18-23-8-3-2-4-9-23)30(42)21-38-20-24-10-5-13-27(17-24)45-34(35,36)37/h2-6,8-13,16-17,19,28-30,38,42H,7,14-15,18,20-21H2,1H3,(H,39,43)/t28-,29?,30+/m0/s1. The molecule has 0 saturated carbocycles. The first-order valence-electron chi connectivity index (χ1n) is 15.0. The smallest absolute Gasteiger partial charge is 0.406 e. The first-order chi connectivity index (χ1) is 22.1. The second kappa shape index (κ2) is 14.6. The van der Waals surface area contributed by atoms with Crippen LogP contribution in [0.15, 0.2) is 89.5 Å². The van der Waals surface area contributed by atoms with Crippen molar-refractivity contribution in [2.24, 2.45) is 0 Å². The summed E-state index contributed by atoms with van der Waals surface area (Å²) < 4.78 is 47.2. The number of carbonyl (C=O) groups is 2. The van der Waals surface area contributed by atoms with Crippen LogP contribution in [-0.4, -0.2) is 58.6 Å². The normalized spacial score (nSPS) is 16.2. The van der Waals surface area contributed by atoms with Crippen LogP contribution in [0.4, 0.5) is 13.2 Å². The molecule has 1 unspecified atom stereocenters. The number of ether oxygens (including phenoxy) is 1. The largest absolute Gasteiger partial charge is 0.573 e. The minimum absolute atomic E-state index is 0.0398. The zero-order valence-corrected chi connectivity index (χ0v) is 25.2. The Hall–Kier alpha value is -4.68. The van der Waals surface area contributed by atoms with Crippen LogP contribution in [0.25, 0.3) is 0 Å². The molecule has 0 bridgehead atoms. The molecule has 12 heteroatoms. The highest BCUT2D eigenvalue weighted by Gasteiger charge is 2.34. The number of benzene rings is 3. The Kier molecular flexibility index (Phi) is 10.4. The molecule has 3 N–H and O–H groups in total. The summed E-state index contributed by atoms with van der Waals surface area (Å²) in [4.78, 5) is 28.7. The van der Waals surface area contributed by atoms with Crippen LogP contribution in [0.3, 0.4) is 0 Å². The molecule has 1 fully saturated rings. The van der Waals surface area contributed by atoms with E-state index in [-0.39, 0.29) is 36.4 Å². The molecule has 5 rings (SSSR count). The maximum absolute atomic E-state index is 13.5.